The molecule has 6 heteroatoms. The quantitative estimate of drug-likeness (QED) is 0.204. The highest BCUT2D eigenvalue weighted by atomic mass is 28.4. The van der Waals surface area contributed by atoms with Crippen molar-refractivity contribution in [3.8, 4) is 11.5 Å². The van der Waals surface area contributed by atoms with Gasteiger partial charge in [0.2, 0.25) is 0 Å². The number of rotatable bonds is 6. The molecule has 204 valence electrons. The van der Waals surface area contributed by atoms with Crippen molar-refractivity contribution in [2.24, 2.45) is 0 Å². The van der Waals surface area contributed by atoms with E-state index < -0.39 is 16.6 Å². The summed E-state index contributed by atoms with van der Waals surface area (Å²) in [6.45, 7) is 10.4. The molecule has 0 saturated carbocycles. The first-order valence-corrected chi connectivity index (χ1v) is 19.7. The van der Waals surface area contributed by atoms with Crippen molar-refractivity contribution in [2.75, 3.05) is 0 Å². The molecule has 4 nitrogen and oxygen atoms in total. The van der Waals surface area contributed by atoms with Crippen molar-refractivity contribution in [3.05, 3.63) is 131 Å². The monoisotopic (exact) mass is 572 g/mol. The van der Waals surface area contributed by atoms with Gasteiger partial charge < -0.3 is 8.85 Å². The summed E-state index contributed by atoms with van der Waals surface area (Å²) >= 11 is 0. The second-order valence-electron chi connectivity index (χ2n) is 11.6. The first-order chi connectivity index (χ1) is 19.6. The zero-order valence-corrected chi connectivity index (χ0v) is 25.9. The fourth-order valence-electron chi connectivity index (χ4n) is 5.64. The van der Waals surface area contributed by atoms with E-state index in [2.05, 4.69) is 50.5 Å². The third-order valence-corrected chi connectivity index (χ3v) is 12.8. The van der Waals surface area contributed by atoms with Crippen LogP contribution in [0.15, 0.2) is 103 Å². The molecule has 0 amide bonds. The zero-order valence-electron chi connectivity index (χ0n) is 23.9. The maximum absolute atomic E-state index is 14.4. The summed E-state index contributed by atoms with van der Waals surface area (Å²) in [6.07, 6.45) is 0. The molecule has 0 N–H and O–H groups in total. The van der Waals surface area contributed by atoms with E-state index in [1.54, 1.807) is 12.1 Å². The normalized spacial score (nSPS) is 13.1. The molecular formula is C35H32O4Si2. The van der Waals surface area contributed by atoms with Gasteiger partial charge >= 0.3 is 0 Å². The van der Waals surface area contributed by atoms with Crippen LogP contribution in [0.25, 0.3) is 10.8 Å². The molecule has 0 fully saturated rings. The summed E-state index contributed by atoms with van der Waals surface area (Å²) in [7, 11) is -5.12. The Labute approximate surface area is 242 Å². The van der Waals surface area contributed by atoms with Crippen LogP contribution >= 0.6 is 0 Å². The molecule has 1 aliphatic carbocycles. The molecule has 0 spiro atoms. The first kappa shape index (κ1) is 26.9. The van der Waals surface area contributed by atoms with Crippen molar-refractivity contribution >= 4 is 49.3 Å². The smallest absolute Gasteiger partial charge is 0.276 e. The van der Waals surface area contributed by atoms with Gasteiger partial charge in [0.25, 0.3) is 16.6 Å². The molecule has 0 aromatic heterocycles. The molecule has 0 aliphatic heterocycles. The lowest BCUT2D eigenvalue weighted by Crippen LogP contribution is -2.49. The van der Waals surface area contributed by atoms with Gasteiger partial charge in [-0.25, -0.2) is 0 Å². The van der Waals surface area contributed by atoms with Crippen LogP contribution in [0.4, 0.5) is 0 Å². The Bertz CT molecular complexity index is 1830. The highest BCUT2D eigenvalue weighted by molar-refractivity contribution is 6.85. The molecule has 5 aromatic carbocycles. The predicted molar refractivity (Wildman–Crippen MR) is 170 cm³/mol. The van der Waals surface area contributed by atoms with Gasteiger partial charge in [-0.3, -0.25) is 9.59 Å². The molecule has 0 atom stereocenters. The standard InChI is InChI=1S/C35H32O4Si2/c1-23-20-21-26-29(22-23)33(37)31-30(32(26)36)34(38-40(2,3)24-14-8-6-9-15-24)27-18-12-13-19-28(27)35(31)39-41(4,5)25-16-10-7-11-17-25/h6-22H,1-5H3. The van der Waals surface area contributed by atoms with Gasteiger partial charge in [-0.2, -0.15) is 0 Å². The third-order valence-electron chi connectivity index (χ3n) is 7.89. The maximum Gasteiger partial charge on any atom is 0.276 e. The molecule has 0 heterocycles. The first-order valence-electron chi connectivity index (χ1n) is 13.9. The maximum atomic E-state index is 14.4. The van der Waals surface area contributed by atoms with Gasteiger partial charge in [-0.05, 0) is 49.6 Å². The largest absolute Gasteiger partial charge is 0.539 e. The number of fused-ring (bicyclic) bond motifs is 3. The minimum atomic E-state index is -2.56. The molecule has 41 heavy (non-hydrogen) atoms. The molecule has 0 saturated heterocycles. The minimum absolute atomic E-state index is 0.207. The SMILES string of the molecule is Cc1ccc2c(c1)C(=O)c1c(c(O[Si](C)(C)c3ccccc3)c3ccccc3c1O[Si](C)(C)c1ccccc1)C2=O. The average molecular weight is 573 g/mol. The lowest BCUT2D eigenvalue weighted by atomic mass is 9.81. The molecular weight excluding hydrogens is 541 g/mol. The van der Waals surface area contributed by atoms with Crippen molar-refractivity contribution in [3.63, 3.8) is 0 Å². The Kier molecular flexibility index (Phi) is 6.55. The van der Waals surface area contributed by atoms with Crippen LogP contribution < -0.4 is 19.2 Å². The molecule has 0 bridgehead atoms. The fourth-order valence-corrected chi connectivity index (χ4v) is 9.31. The predicted octanol–water partition coefficient (Wildman–Crippen LogP) is 6.91. The van der Waals surface area contributed by atoms with Crippen molar-refractivity contribution in [1.29, 1.82) is 0 Å². The van der Waals surface area contributed by atoms with Crippen LogP contribution in [0, 0.1) is 6.92 Å². The van der Waals surface area contributed by atoms with Crippen LogP contribution in [0.2, 0.25) is 26.2 Å². The summed E-state index contributed by atoms with van der Waals surface area (Å²) < 4.78 is 13.9. The second-order valence-corrected chi connectivity index (χ2v) is 19.2. The fraction of sp³-hybridized carbons (Fsp3) is 0.143. The van der Waals surface area contributed by atoms with E-state index in [0.29, 0.717) is 33.8 Å². The highest BCUT2D eigenvalue weighted by Gasteiger charge is 2.41. The van der Waals surface area contributed by atoms with Gasteiger partial charge in [0, 0.05) is 21.9 Å². The van der Waals surface area contributed by atoms with Crippen molar-refractivity contribution in [1.82, 2.24) is 0 Å². The number of carbonyl (C=O) groups excluding carboxylic acids is 2. The number of benzene rings is 5. The Morgan fingerprint density at radius 3 is 1.39 bits per heavy atom. The van der Waals surface area contributed by atoms with Gasteiger partial charge in [-0.15, -0.1) is 0 Å². The van der Waals surface area contributed by atoms with E-state index >= 15 is 0 Å². The number of aryl methyl sites for hydroxylation is 1. The Morgan fingerprint density at radius 1 is 0.512 bits per heavy atom. The zero-order chi connectivity index (χ0) is 28.9. The summed E-state index contributed by atoms with van der Waals surface area (Å²) in [4.78, 5) is 28.8. The minimum Gasteiger partial charge on any atom is -0.539 e. The lowest BCUT2D eigenvalue weighted by Gasteiger charge is -2.33. The van der Waals surface area contributed by atoms with Crippen molar-refractivity contribution < 1.29 is 18.4 Å². The number of carbonyl (C=O) groups is 2. The molecule has 1 aliphatic rings. The third kappa shape index (κ3) is 4.63. The van der Waals surface area contributed by atoms with Crippen LogP contribution in [0.5, 0.6) is 11.5 Å². The molecule has 6 rings (SSSR count). The summed E-state index contributed by atoms with van der Waals surface area (Å²) in [5.74, 6) is 0.513. The summed E-state index contributed by atoms with van der Waals surface area (Å²) in [6, 6.07) is 33.5. The number of hydrogen-bond acceptors (Lipinski definition) is 4. The summed E-state index contributed by atoms with van der Waals surface area (Å²) in [5.41, 5.74) is 2.33. The van der Waals surface area contributed by atoms with E-state index in [4.69, 9.17) is 8.85 Å². The molecule has 0 radical (unpaired) electrons. The van der Waals surface area contributed by atoms with E-state index in [9.17, 15) is 9.59 Å². The van der Waals surface area contributed by atoms with E-state index in [1.807, 2.05) is 73.7 Å². The van der Waals surface area contributed by atoms with Crippen LogP contribution in [0.3, 0.4) is 0 Å². The van der Waals surface area contributed by atoms with Crippen LogP contribution in [0.1, 0.15) is 37.4 Å². The highest BCUT2D eigenvalue weighted by Crippen LogP contribution is 2.47. The number of hydrogen-bond donors (Lipinski definition) is 0. The van der Waals surface area contributed by atoms with E-state index in [1.165, 1.54) is 0 Å². The molecule has 0 unspecified atom stereocenters. The van der Waals surface area contributed by atoms with E-state index in [0.717, 1.165) is 26.7 Å². The van der Waals surface area contributed by atoms with Gasteiger partial charge in [0.1, 0.15) is 11.5 Å². The summed E-state index contributed by atoms with van der Waals surface area (Å²) in [5, 5.41) is 3.74. The number of ketones is 2. The topological polar surface area (TPSA) is 52.6 Å². The lowest BCUT2D eigenvalue weighted by molar-refractivity contribution is 0.0976. The Morgan fingerprint density at radius 2 is 0.927 bits per heavy atom. The Balaban J connectivity index is 1.66. The van der Waals surface area contributed by atoms with Gasteiger partial charge in [0.15, 0.2) is 11.6 Å². The van der Waals surface area contributed by atoms with Gasteiger partial charge in [0.05, 0.1) is 11.1 Å². The average Bonchev–Trinajstić information content (AvgIpc) is 2.97. The van der Waals surface area contributed by atoms with E-state index in [-0.39, 0.29) is 11.6 Å². The Hall–Kier alpha value is -4.27. The van der Waals surface area contributed by atoms with Gasteiger partial charge in [-0.1, -0.05) is 103 Å². The molecule has 5 aromatic rings. The van der Waals surface area contributed by atoms with Crippen LogP contribution in [-0.4, -0.2) is 28.2 Å². The van der Waals surface area contributed by atoms with Crippen LogP contribution in [-0.2, 0) is 0 Å². The van der Waals surface area contributed by atoms with Crippen molar-refractivity contribution in [2.45, 2.75) is 33.1 Å². The second kappa shape index (κ2) is 9.98.